The van der Waals surface area contributed by atoms with E-state index >= 15 is 0 Å². The molecule has 2 aromatic carbocycles. The number of methoxy groups -OCH3 is 1. The van der Waals surface area contributed by atoms with E-state index in [0.29, 0.717) is 6.54 Å². The zero-order valence-electron chi connectivity index (χ0n) is 9.68. The Morgan fingerprint density at radius 1 is 1.12 bits per heavy atom. The highest BCUT2D eigenvalue weighted by Crippen LogP contribution is 2.18. The van der Waals surface area contributed by atoms with Crippen molar-refractivity contribution in [3.63, 3.8) is 0 Å². The Morgan fingerprint density at radius 2 is 1.94 bits per heavy atom. The van der Waals surface area contributed by atoms with Crippen LogP contribution in [0.2, 0.25) is 0 Å². The molecule has 0 aromatic heterocycles. The van der Waals surface area contributed by atoms with Gasteiger partial charge in [0, 0.05) is 18.3 Å². The summed E-state index contributed by atoms with van der Waals surface area (Å²) < 4.78 is 5.15. The number of rotatable bonds is 4. The summed E-state index contributed by atoms with van der Waals surface area (Å²) in [6, 6.07) is 14.9. The first-order valence-corrected chi connectivity index (χ1v) is 5.44. The summed E-state index contributed by atoms with van der Waals surface area (Å²) >= 11 is 0. The van der Waals surface area contributed by atoms with Gasteiger partial charge in [-0.3, -0.25) is 0 Å². The van der Waals surface area contributed by atoms with Gasteiger partial charge in [-0.1, -0.05) is 18.2 Å². The van der Waals surface area contributed by atoms with Crippen molar-refractivity contribution >= 4 is 5.69 Å². The average molecular weight is 229 g/mol. The topological polar surface area (TPSA) is 41.5 Å². The molecule has 3 nitrogen and oxygen atoms in total. The molecule has 0 radical (unpaired) electrons. The van der Waals surface area contributed by atoms with Crippen LogP contribution < -0.4 is 10.1 Å². The van der Waals surface area contributed by atoms with E-state index in [9.17, 15) is 5.11 Å². The largest absolute Gasteiger partial charge is 0.508 e. The molecule has 88 valence electrons. The number of hydrogen-bond donors (Lipinski definition) is 2. The number of hydrogen-bond acceptors (Lipinski definition) is 3. The van der Waals surface area contributed by atoms with Crippen molar-refractivity contribution in [2.75, 3.05) is 12.4 Å². The second kappa shape index (κ2) is 5.25. The zero-order chi connectivity index (χ0) is 12.1. The van der Waals surface area contributed by atoms with Crippen LogP contribution in [0.4, 0.5) is 5.69 Å². The fraction of sp³-hybridized carbons (Fsp3) is 0.143. The molecule has 2 N–H and O–H groups in total. The minimum Gasteiger partial charge on any atom is -0.508 e. The maximum Gasteiger partial charge on any atom is 0.120 e. The van der Waals surface area contributed by atoms with Gasteiger partial charge in [-0.2, -0.15) is 0 Å². The van der Waals surface area contributed by atoms with Gasteiger partial charge in [0.2, 0.25) is 0 Å². The molecular weight excluding hydrogens is 214 g/mol. The predicted molar refractivity (Wildman–Crippen MR) is 68.4 cm³/mol. The van der Waals surface area contributed by atoms with Crippen molar-refractivity contribution in [3.05, 3.63) is 54.1 Å². The molecule has 0 heterocycles. The Labute approximate surface area is 101 Å². The van der Waals surface area contributed by atoms with Crippen molar-refractivity contribution in [1.82, 2.24) is 0 Å². The van der Waals surface area contributed by atoms with Gasteiger partial charge >= 0.3 is 0 Å². The van der Waals surface area contributed by atoms with Crippen molar-refractivity contribution in [1.29, 1.82) is 0 Å². The second-order valence-electron chi connectivity index (χ2n) is 3.76. The summed E-state index contributed by atoms with van der Waals surface area (Å²) in [6.45, 7) is 0.668. The fourth-order valence-corrected chi connectivity index (χ4v) is 1.60. The van der Waals surface area contributed by atoms with Crippen molar-refractivity contribution in [2.45, 2.75) is 6.54 Å². The first kappa shape index (κ1) is 11.3. The van der Waals surface area contributed by atoms with Gasteiger partial charge in [0.05, 0.1) is 7.11 Å². The molecule has 0 spiro atoms. The number of ether oxygens (including phenoxy) is 1. The molecule has 0 fully saturated rings. The molecule has 2 aromatic rings. The molecule has 0 saturated carbocycles. The highest BCUT2D eigenvalue weighted by atomic mass is 16.5. The molecule has 0 amide bonds. The van der Waals surface area contributed by atoms with Gasteiger partial charge in [0.1, 0.15) is 11.5 Å². The van der Waals surface area contributed by atoms with Crippen LogP contribution in [0, 0.1) is 0 Å². The van der Waals surface area contributed by atoms with Crippen LogP contribution in [0.1, 0.15) is 5.56 Å². The summed E-state index contributed by atoms with van der Waals surface area (Å²) in [5.74, 6) is 1.11. The van der Waals surface area contributed by atoms with E-state index in [1.807, 2.05) is 36.4 Å². The van der Waals surface area contributed by atoms with Gasteiger partial charge in [-0.25, -0.2) is 0 Å². The molecule has 0 aliphatic rings. The van der Waals surface area contributed by atoms with Gasteiger partial charge in [-0.05, 0) is 29.8 Å². The third-order valence-electron chi connectivity index (χ3n) is 2.48. The summed E-state index contributed by atoms with van der Waals surface area (Å²) in [6.07, 6.45) is 0. The van der Waals surface area contributed by atoms with Crippen LogP contribution in [-0.2, 0) is 6.54 Å². The number of phenolic OH excluding ortho intramolecular Hbond substituents is 1. The van der Waals surface area contributed by atoms with E-state index in [1.165, 1.54) is 0 Å². The van der Waals surface area contributed by atoms with E-state index in [0.717, 1.165) is 17.0 Å². The van der Waals surface area contributed by atoms with Crippen molar-refractivity contribution in [3.8, 4) is 11.5 Å². The molecule has 0 unspecified atom stereocenters. The first-order chi connectivity index (χ1) is 8.28. The number of anilines is 1. The van der Waals surface area contributed by atoms with Crippen molar-refractivity contribution in [2.24, 2.45) is 0 Å². The van der Waals surface area contributed by atoms with E-state index < -0.39 is 0 Å². The minimum atomic E-state index is 0.287. The summed E-state index contributed by atoms with van der Waals surface area (Å²) in [4.78, 5) is 0. The standard InChI is InChI=1S/C14H15NO2/c1-17-14-7-3-5-12(9-14)15-10-11-4-2-6-13(16)8-11/h2-9,15-16H,10H2,1H3. The number of aromatic hydroxyl groups is 1. The van der Waals surface area contributed by atoms with Gasteiger partial charge in [0.15, 0.2) is 0 Å². The maximum absolute atomic E-state index is 9.34. The highest BCUT2D eigenvalue weighted by Gasteiger charge is 1.97. The Bertz CT molecular complexity index is 497. The number of phenols is 1. The van der Waals surface area contributed by atoms with Crippen LogP contribution in [0.5, 0.6) is 11.5 Å². The fourth-order valence-electron chi connectivity index (χ4n) is 1.60. The lowest BCUT2D eigenvalue weighted by atomic mass is 10.2. The molecule has 3 heteroatoms. The maximum atomic E-state index is 9.34. The van der Waals surface area contributed by atoms with Crippen LogP contribution in [0.3, 0.4) is 0 Å². The molecule has 0 saturated heterocycles. The third kappa shape index (κ3) is 3.14. The number of benzene rings is 2. The SMILES string of the molecule is COc1cccc(NCc2cccc(O)c2)c1. The van der Waals surface area contributed by atoms with Crippen LogP contribution in [-0.4, -0.2) is 12.2 Å². The van der Waals surface area contributed by atoms with Gasteiger partial charge in [-0.15, -0.1) is 0 Å². The van der Waals surface area contributed by atoms with Gasteiger partial charge in [0.25, 0.3) is 0 Å². The molecule has 2 rings (SSSR count). The Hall–Kier alpha value is -2.16. The monoisotopic (exact) mass is 229 g/mol. The van der Waals surface area contributed by atoms with E-state index in [2.05, 4.69) is 5.32 Å². The predicted octanol–water partition coefficient (Wildman–Crippen LogP) is 3.01. The third-order valence-corrected chi connectivity index (χ3v) is 2.48. The summed E-state index contributed by atoms with van der Waals surface area (Å²) in [7, 11) is 1.65. The zero-order valence-corrected chi connectivity index (χ0v) is 9.68. The highest BCUT2D eigenvalue weighted by molar-refractivity contribution is 5.48. The minimum absolute atomic E-state index is 0.287. The molecular formula is C14H15NO2. The molecule has 0 aliphatic carbocycles. The summed E-state index contributed by atoms with van der Waals surface area (Å²) in [5, 5.41) is 12.6. The van der Waals surface area contributed by atoms with E-state index in [1.54, 1.807) is 19.2 Å². The summed E-state index contributed by atoms with van der Waals surface area (Å²) in [5.41, 5.74) is 2.03. The van der Waals surface area contributed by atoms with E-state index in [-0.39, 0.29) is 5.75 Å². The lowest BCUT2D eigenvalue weighted by molar-refractivity contribution is 0.415. The average Bonchev–Trinajstić information content (AvgIpc) is 2.37. The van der Waals surface area contributed by atoms with Crippen LogP contribution in [0.15, 0.2) is 48.5 Å². The smallest absolute Gasteiger partial charge is 0.120 e. The first-order valence-electron chi connectivity index (χ1n) is 5.44. The Morgan fingerprint density at radius 3 is 2.71 bits per heavy atom. The lowest BCUT2D eigenvalue weighted by Gasteiger charge is -2.08. The normalized spacial score (nSPS) is 9.94. The molecule has 0 bridgehead atoms. The number of nitrogens with one attached hydrogen (secondary N) is 1. The van der Waals surface area contributed by atoms with Crippen LogP contribution in [0.25, 0.3) is 0 Å². The van der Waals surface area contributed by atoms with Crippen molar-refractivity contribution < 1.29 is 9.84 Å². The lowest BCUT2D eigenvalue weighted by Crippen LogP contribution is -1.99. The van der Waals surface area contributed by atoms with Crippen LogP contribution >= 0.6 is 0 Å². The van der Waals surface area contributed by atoms with E-state index in [4.69, 9.17) is 4.74 Å². The second-order valence-corrected chi connectivity index (χ2v) is 3.76. The van der Waals surface area contributed by atoms with Gasteiger partial charge < -0.3 is 15.2 Å². The Kier molecular flexibility index (Phi) is 3.50. The molecule has 0 aliphatic heterocycles. The molecule has 17 heavy (non-hydrogen) atoms. The Balaban J connectivity index is 2.02. The molecule has 0 atom stereocenters. The quantitative estimate of drug-likeness (QED) is 0.846.